The molecular formula is C47H53N3O8S. The summed E-state index contributed by atoms with van der Waals surface area (Å²) >= 11 is 0. The molecule has 59 heavy (non-hydrogen) atoms. The van der Waals surface area contributed by atoms with Crippen LogP contribution in [0.2, 0.25) is 0 Å². The molecule has 2 N–H and O–H groups in total. The lowest BCUT2D eigenvalue weighted by Crippen LogP contribution is -2.62. The number of hydrogen-bond acceptors (Lipinski definition) is 10. The zero-order chi connectivity index (χ0) is 40.7. The van der Waals surface area contributed by atoms with Gasteiger partial charge in [-0.1, -0.05) is 103 Å². The standard InChI is InChI=1S/C47H53N3O8S/c48-27-14-4-16-29-53-35-43-44(57-34-39-21-13-15-28-49-39)45(55-32-36-17-5-1-6-18-36)46(56-33-37-19-7-2-8-20-37)47(58-43)54-30-26-38-31-50(42-25-12-11-24-41(38)42)59(51,52)40-22-9-3-10-23-40/h1-3,5-13,15,17-25,28,31,43-47H,4,14,16,26-27,29-30,32-35,48H2/t43-,44-,45+,46-,47-/m1/s1. The van der Waals surface area contributed by atoms with Gasteiger partial charge in [-0.15, -0.1) is 0 Å². The molecule has 4 aromatic carbocycles. The summed E-state index contributed by atoms with van der Waals surface area (Å²) in [7, 11) is -3.85. The minimum Gasteiger partial charge on any atom is -0.379 e. The maximum absolute atomic E-state index is 13.8. The van der Waals surface area contributed by atoms with Crippen molar-refractivity contribution >= 4 is 20.9 Å². The first-order chi connectivity index (χ1) is 29.0. The highest BCUT2D eigenvalue weighted by atomic mass is 32.2. The number of unbranched alkanes of at least 4 members (excludes halogenated alkanes) is 2. The summed E-state index contributed by atoms with van der Waals surface area (Å²) in [5.41, 5.74) is 9.89. The van der Waals surface area contributed by atoms with E-state index in [0.29, 0.717) is 31.7 Å². The molecule has 1 fully saturated rings. The van der Waals surface area contributed by atoms with Crippen molar-refractivity contribution in [1.82, 2.24) is 8.96 Å². The minimum absolute atomic E-state index is 0.201. The van der Waals surface area contributed by atoms with Gasteiger partial charge in [0.05, 0.1) is 49.1 Å². The molecule has 0 radical (unpaired) electrons. The number of nitrogens with zero attached hydrogens (tertiary/aromatic N) is 2. The molecule has 12 heteroatoms. The first-order valence-electron chi connectivity index (χ1n) is 20.3. The number of para-hydroxylation sites is 1. The average Bonchev–Trinajstić information content (AvgIpc) is 3.66. The molecule has 0 amide bonds. The molecular weight excluding hydrogens is 767 g/mol. The number of nitrogens with two attached hydrogens (primary N) is 1. The lowest BCUT2D eigenvalue weighted by Gasteiger charge is -2.45. The Hall–Kier alpha value is -4.76. The van der Waals surface area contributed by atoms with Crippen LogP contribution in [0.3, 0.4) is 0 Å². The van der Waals surface area contributed by atoms with Crippen LogP contribution in [0.5, 0.6) is 0 Å². The zero-order valence-corrected chi connectivity index (χ0v) is 34.0. The van der Waals surface area contributed by atoms with Gasteiger partial charge in [0.2, 0.25) is 0 Å². The SMILES string of the molecule is NCCCCCOC[C@H]1O[C@@H](OCCc2cn(S(=O)(=O)c3ccccc3)c3ccccc23)[C@H](OCc2ccccc2)[C@@H](OCc2ccccc2)[C@@H]1OCc1ccccn1. The maximum Gasteiger partial charge on any atom is 0.268 e. The summed E-state index contributed by atoms with van der Waals surface area (Å²) in [4.78, 5) is 4.72. The van der Waals surface area contributed by atoms with Crippen molar-refractivity contribution in [1.29, 1.82) is 0 Å². The average molecular weight is 820 g/mol. The first kappa shape index (κ1) is 42.4. The van der Waals surface area contributed by atoms with E-state index in [-0.39, 0.29) is 31.3 Å². The van der Waals surface area contributed by atoms with Crippen LogP contribution in [0.15, 0.2) is 151 Å². The van der Waals surface area contributed by atoms with Gasteiger partial charge in [-0.3, -0.25) is 4.98 Å². The zero-order valence-electron chi connectivity index (χ0n) is 33.2. The van der Waals surface area contributed by atoms with Crippen LogP contribution in [0, 0.1) is 0 Å². The fourth-order valence-corrected chi connectivity index (χ4v) is 8.66. The van der Waals surface area contributed by atoms with E-state index in [1.807, 2.05) is 103 Å². The Morgan fingerprint density at radius 3 is 1.98 bits per heavy atom. The molecule has 1 saturated heterocycles. The van der Waals surface area contributed by atoms with Crippen molar-refractivity contribution in [2.45, 2.75) is 81.1 Å². The van der Waals surface area contributed by atoms with Crippen molar-refractivity contribution in [2.75, 3.05) is 26.4 Å². The molecule has 2 aromatic heterocycles. The second-order valence-corrected chi connectivity index (χ2v) is 16.3. The predicted octanol–water partition coefficient (Wildman–Crippen LogP) is 7.46. The summed E-state index contributed by atoms with van der Waals surface area (Å²) < 4.78 is 69.0. The first-order valence-corrected chi connectivity index (χ1v) is 21.7. The van der Waals surface area contributed by atoms with Crippen molar-refractivity contribution in [2.24, 2.45) is 5.73 Å². The van der Waals surface area contributed by atoms with E-state index in [0.717, 1.165) is 47.0 Å². The van der Waals surface area contributed by atoms with Gasteiger partial charge in [-0.05, 0) is 79.3 Å². The third-order valence-corrected chi connectivity index (χ3v) is 12.0. The van der Waals surface area contributed by atoms with Crippen LogP contribution in [0.25, 0.3) is 10.9 Å². The predicted molar refractivity (Wildman–Crippen MR) is 226 cm³/mol. The Kier molecular flexibility index (Phi) is 15.4. The largest absolute Gasteiger partial charge is 0.379 e. The molecule has 0 unspecified atom stereocenters. The van der Waals surface area contributed by atoms with Crippen molar-refractivity contribution in [3.8, 4) is 0 Å². The number of benzene rings is 4. The number of pyridine rings is 1. The molecule has 0 bridgehead atoms. The third kappa shape index (κ3) is 11.3. The van der Waals surface area contributed by atoms with Crippen LogP contribution in [0.1, 0.15) is 41.6 Å². The molecule has 0 saturated carbocycles. The molecule has 1 aliphatic heterocycles. The smallest absolute Gasteiger partial charge is 0.268 e. The van der Waals surface area contributed by atoms with Gasteiger partial charge >= 0.3 is 0 Å². The van der Waals surface area contributed by atoms with Crippen LogP contribution < -0.4 is 5.73 Å². The Bertz CT molecular complexity index is 2240. The molecule has 3 heterocycles. The highest BCUT2D eigenvalue weighted by Crippen LogP contribution is 2.32. The summed E-state index contributed by atoms with van der Waals surface area (Å²) in [6, 6.07) is 41.6. The van der Waals surface area contributed by atoms with Gasteiger partial charge in [-0.25, -0.2) is 12.4 Å². The van der Waals surface area contributed by atoms with E-state index in [4.69, 9.17) is 34.2 Å². The molecule has 1 aliphatic rings. The molecule has 310 valence electrons. The summed E-state index contributed by atoms with van der Waals surface area (Å²) in [6.45, 7) is 2.42. The lowest BCUT2D eigenvalue weighted by molar-refractivity contribution is -0.328. The van der Waals surface area contributed by atoms with Crippen molar-refractivity contribution < 1.29 is 36.8 Å². The molecule has 5 atom stereocenters. The van der Waals surface area contributed by atoms with Gasteiger partial charge in [0.1, 0.15) is 24.4 Å². The second-order valence-electron chi connectivity index (χ2n) is 14.5. The van der Waals surface area contributed by atoms with Gasteiger partial charge in [0, 0.05) is 24.4 Å². The van der Waals surface area contributed by atoms with Gasteiger partial charge in [0.15, 0.2) is 6.29 Å². The Morgan fingerprint density at radius 2 is 1.29 bits per heavy atom. The third-order valence-electron chi connectivity index (χ3n) is 10.3. The van der Waals surface area contributed by atoms with E-state index in [9.17, 15) is 8.42 Å². The number of hydrogen-bond donors (Lipinski definition) is 1. The van der Waals surface area contributed by atoms with Gasteiger partial charge in [0.25, 0.3) is 10.0 Å². The fourth-order valence-electron chi connectivity index (χ4n) is 7.24. The molecule has 6 aromatic rings. The van der Waals surface area contributed by atoms with Crippen LogP contribution in [0.4, 0.5) is 0 Å². The second kappa shape index (κ2) is 21.5. The monoisotopic (exact) mass is 819 g/mol. The van der Waals surface area contributed by atoms with Gasteiger partial charge in [-0.2, -0.15) is 0 Å². The van der Waals surface area contributed by atoms with Crippen LogP contribution >= 0.6 is 0 Å². The Morgan fingerprint density at radius 1 is 0.644 bits per heavy atom. The van der Waals surface area contributed by atoms with Gasteiger partial charge < -0.3 is 34.2 Å². The van der Waals surface area contributed by atoms with E-state index >= 15 is 0 Å². The molecule has 7 rings (SSSR count). The normalized spacial score (nSPS) is 19.6. The van der Waals surface area contributed by atoms with E-state index in [1.165, 1.54) is 3.97 Å². The number of aromatic nitrogens is 2. The molecule has 0 spiro atoms. The van der Waals surface area contributed by atoms with Crippen molar-refractivity contribution in [3.05, 3.63) is 168 Å². The van der Waals surface area contributed by atoms with E-state index in [1.54, 1.807) is 42.7 Å². The van der Waals surface area contributed by atoms with E-state index < -0.39 is 40.7 Å². The highest BCUT2D eigenvalue weighted by Gasteiger charge is 2.49. The summed E-state index contributed by atoms with van der Waals surface area (Å²) in [5.74, 6) is 0. The number of ether oxygens (including phenoxy) is 6. The lowest BCUT2D eigenvalue weighted by atomic mass is 9.97. The van der Waals surface area contributed by atoms with Crippen LogP contribution in [-0.4, -0.2) is 74.4 Å². The van der Waals surface area contributed by atoms with E-state index in [2.05, 4.69) is 4.98 Å². The van der Waals surface area contributed by atoms with Crippen LogP contribution in [-0.2, 0) is 64.7 Å². The topological polar surface area (TPSA) is 133 Å². The minimum atomic E-state index is -3.85. The fraction of sp³-hybridized carbons (Fsp3) is 0.340. The Labute approximate surface area is 347 Å². The summed E-state index contributed by atoms with van der Waals surface area (Å²) in [5, 5.41) is 0.824. The summed E-state index contributed by atoms with van der Waals surface area (Å²) in [6.07, 6.45) is 3.13. The van der Waals surface area contributed by atoms with Crippen molar-refractivity contribution in [3.63, 3.8) is 0 Å². The Balaban J connectivity index is 1.18. The maximum atomic E-state index is 13.8. The highest BCUT2D eigenvalue weighted by molar-refractivity contribution is 7.90. The number of rotatable bonds is 22. The molecule has 0 aliphatic carbocycles. The number of fused-ring (bicyclic) bond motifs is 1. The molecule has 11 nitrogen and oxygen atoms in total. The quantitative estimate of drug-likeness (QED) is 0.0689.